The fraction of sp³-hybridized carbons (Fsp3) is 0.273. The SMILES string of the molecule is CCOC(=O)C(=O)c1cc(OC)c(O)cc1Cl. The molecule has 0 amide bonds. The Morgan fingerprint density at radius 1 is 1.41 bits per heavy atom. The number of rotatable bonds is 4. The zero-order valence-corrected chi connectivity index (χ0v) is 10.1. The van der Waals surface area contributed by atoms with E-state index in [4.69, 9.17) is 16.3 Å². The molecule has 0 aliphatic heterocycles. The fourth-order valence-electron chi connectivity index (χ4n) is 1.19. The highest BCUT2D eigenvalue weighted by atomic mass is 35.5. The van der Waals surface area contributed by atoms with Crippen LogP contribution in [0, 0.1) is 0 Å². The van der Waals surface area contributed by atoms with Gasteiger partial charge in [-0.1, -0.05) is 11.6 Å². The first-order chi connectivity index (χ1) is 8.01. The molecule has 5 nitrogen and oxygen atoms in total. The zero-order valence-electron chi connectivity index (χ0n) is 9.32. The standard InChI is InChI=1S/C11H11ClO5/c1-3-17-11(15)10(14)6-4-9(16-2)8(13)5-7(6)12/h4-5,13H,3H2,1-2H3. The predicted octanol–water partition coefficient (Wildman–Crippen LogP) is 1.80. The van der Waals surface area contributed by atoms with Crippen LogP contribution in [0.1, 0.15) is 17.3 Å². The first-order valence-electron chi connectivity index (χ1n) is 4.79. The quantitative estimate of drug-likeness (QED) is 0.506. The molecule has 1 N–H and O–H groups in total. The minimum atomic E-state index is -0.998. The summed E-state index contributed by atoms with van der Waals surface area (Å²) in [4.78, 5) is 22.9. The third-order valence-corrected chi connectivity index (χ3v) is 2.29. The van der Waals surface area contributed by atoms with Crippen molar-refractivity contribution >= 4 is 23.4 Å². The van der Waals surface area contributed by atoms with Gasteiger partial charge >= 0.3 is 5.97 Å². The molecule has 0 fully saturated rings. The highest BCUT2D eigenvalue weighted by Crippen LogP contribution is 2.32. The van der Waals surface area contributed by atoms with E-state index in [1.165, 1.54) is 13.2 Å². The summed E-state index contributed by atoms with van der Waals surface area (Å²) >= 11 is 5.75. The molecule has 1 aromatic rings. The van der Waals surface area contributed by atoms with E-state index < -0.39 is 11.8 Å². The number of halogens is 1. The maximum Gasteiger partial charge on any atom is 0.379 e. The van der Waals surface area contributed by atoms with Crippen LogP contribution in [0.2, 0.25) is 5.02 Å². The Morgan fingerprint density at radius 2 is 2.06 bits per heavy atom. The van der Waals surface area contributed by atoms with Crippen molar-refractivity contribution in [1.29, 1.82) is 0 Å². The molecule has 1 aromatic carbocycles. The Hall–Kier alpha value is -1.75. The van der Waals surface area contributed by atoms with Crippen molar-refractivity contribution in [3.05, 3.63) is 22.7 Å². The van der Waals surface area contributed by atoms with Crippen molar-refractivity contribution in [3.63, 3.8) is 0 Å². The summed E-state index contributed by atoms with van der Waals surface area (Å²) < 4.78 is 9.38. The third kappa shape index (κ3) is 2.88. The lowest BCUT2D eigenvalue weighted by Gasteiger charge is -2.07. The molecule has 0 aliphatic rings. The van der Waals surface area contributed by atoms with Crippen molar-refractivity contribution < 1.29 is 24.2 Å². The summed E-state index contributed by atoms with van der Waals surface area (Å²) in [6.45, 7) is 1.68. The summed E-state index contributed by atoms with van der Waals surface area (Å²) in [6, 6.07) is 2.32. The van der Waals surface area contributed by atoms with Gasteiger partial charge in [-0.3, -0.25) is 4.79 Å². The van der Waals surface area contributed by atoms with Crippen molar-refractivity contribution in [2.45, 2.75) is 6.92 Å². The summed E-state index contributed by atoms with van der Waals surface area (Å²) in [6.07, 6.45) is 0. The van der Waals surface area contributed by atoms with Crippen LogP contribution in [0.3, 0.4) is 0 Å². The zero-order chi connectivity index (χ0) is 13.0. The van der Waals surface area contributed by atoms with Crippen LogP contribution in [0.5, 0.6) is 11.5 Å². The molecule has 0 saturated carbocycles. The number of esters is 1. The average molecular weight is 259 g/mol. The molecular formula is C11H11ClO5. The van der Waals surface area contributed by atoms with E-state index in [9.17, 15) is 14.7 Å². The highest BCUT2D eigenvalue weighted by Gasteiger charge is 2.22. The third-order valence-electron chi connectivity index (χ3n) is 1.97. The van der Waals surface area contributed by atoms with Gasteiger partial charge in [0, 0.05) is 6.07 Å². The second kappa shape index (κ2) is 5.54. The minimum absolute atomic E-state index is 0.0404. The van der Waals surface area contributed by atoms with Crippen LogP contribution < -0.4 is 4.74 Å². The van der Waals surface area contributed by atoms with Crippen molar-refractivity contribution in [3.8, 4) is 11.5 Å². The number of Topliss-reactive ketones (excluding diaryl/α,β-unsaturated/α-hetero) is 1. The molecule has 0 unspecified atom stereocenters. The summed E-state index contributed by atoms with van der Waals surface area (Å²) in [7, 11) is 1.32. The van der Waals surface area contributed by atoms with Gasteiger partial charge in [0.25, 0.3) is 5.78 Å². The number of hydrogen-bond acceptors (Lipinski definition) is 5. The average Bonchev–Trinajstić information content (AvgIpc) is 2.29. The molecule has 0 heterocycles. The number of benzene rings is 1. The van der Waals surface area contributed by atoms with Crippen LogP contribution in [-0.2, 0) is 9.53 Å². The molecule has 0 saturated heterocycles. The van der Waals surface area contributed by atoms with Crippen LogP contribution in [0.4, 0.5) is 0 Å². The number of ether oxygens (including phenoxy) is 2. The smallest absolute Gasteiger partial charge is 0.379 e. The van der Waals surface area contributed by atoms with Crippen LogP contribution >= 0.6 is 11.6 Å². The molecule has 0 bridgehead atoms. The number of methoxy groups -OCH3 is 1. The topological polar surface area (TPSA) is 72.8 Å². The Bertz CT molecular complexity index is 455. The number of phenols is 1. The van der Waals surface area contributed by atoms with Gasteiger partial charge in [-0.15, -0.1) is 0 Å². The van der Waals surface area contributed by atoms with Crippen molar-refractivity contribution in [1.82, 2.24) is 0 Å². The number of aromatic hydroxyl groups is 1. The predicted molar refractivity (Wildman–Crippen MR) is 60.6 cm³/mol. The van der Waals surface area contributed by atoms with E-state index in [0.717, 1.165) is 6.07 Å². The highest BCUT2D eigenvalue weighted by molar-refractivity contribution is 6.45. The van der Waals surface area contributed by atoms with E-state index in [0.29, 0.717) is 0 Å². The minimum Gasteiger partial charge on any atom is -0.504 e. The lowest BCUT2D eigenvalue weighted by Crippen LogP contribution is -2.18. The largest absolute Gasteiger partial charge is 0.504 e. The van der Waals surface area contributed by atoms with Crippen molar-refractivity contribution in [2.24, 2.45) is 0 Å². The molecular weight excluding hydrogens is 248 g/mol. The molecule has 0 spiro atoms. The van der Waals surface area contributed by atoms with Gasteiger partial charge in [0.2, 0.25) is 0 Å². The fourth-order valence-corrected chi connectivity index (χ4v) is 1.43. The Kier molecular flexibility index (Phi) is 4.34. The van der Waals surface area contributed by atoms with E-state index >= 15 is 0 Å². The molecule has 6 heteroatoms. The Morgan fingerprint density at radius 3 is 2.59 bits per heavy atom. The lowest BCUT2D eigenvalue weighted by molar-refractivity contribution is -0.137. The van der Waals surface area contributed by atoms with Gasteiger partial charge in [0.1, 0.15) is 0 Å². The van der Waals surface area contributed by atoms with E-state index in [-0.39, 0.29) is 28.7 Å². The molecule has 0 radical (unpaired) electrons. The number of hydrogen-bond donors (Lipinski definition) is 1. The van der Waals surface area contributed by atoms with Gasteiger partial charge in [-0.2, -0.15) is 0 Å². The molecule has 1 rings (SSSR count). The second-order valence-corrected chi connectivity index (χ2v) is 3.46. The normalized spacial score (nSPS) is 9.82. The van der Waals surface area contributed by atoms with Crippen LogP contribution in [0.15, 0.2) is 12.1 Å². The van der Waals surface area contributed by atoms with Crippen LogP contribution in [-0.4, -0.2) is 30.6 Å². The molecule has 92 valence electrons. The molecule has 0 atom stereocenters. The number of phenolic OH excluding ortho intramolecular Hbond substituents is 1. The first kappa shape index (κ1) is 13.3. The summed E-state index contributed by atoms with van der Waals surface area (Å²) in [5.41, 5.74) is -0.0697. The van der Waals surface area contributed by atoms with Gasteiger partial charge in [-0.05, 0) is 13.0 Å². The van der Waals surface area contributed by atoms with E-state index in [2.05, 4.69) is 4.74 Å². The molecule has 0 aliphatic carbocycles. The number of carbonyl (C=O) groups excluding carboxylic acids is 2. The van der Waals surface area contributed by atoms with Gasteiger partial charge in [-0.25, -0.2) is 4.79 Å². The number of carbonyl (C=O) groups is 2. The van der Waals surface area contributed by atoms with Gasteiger partial charge in [0.15, 0.2) is 11.5 Å². The van der Waals surface area contributed by atoms with Gasteiger partial charge < -0.3 is 14.6 Å². The molecule has 0 aromatic heterocycles. The monoisotopic (exact) mass is 258 g/mol. The van der Waals surface area contributed by atoms with E-state index in [1.807, 2.05) is 0 Å². The van der Waals surface area contributed by atoms with E-state index in [1.54, 1.807) is 6.92 Å². The molecule has 17 heavy (non-hydrogen) atoms. The lowest BCUT2D eigenvalue weighted by atomic mass is 10.1. The Balaban J connectivity index is 3.13. The van der Waals surface area contributed by atoms with Crippen LogP contribution in [0.25, 0.3) is 0 Å². The number of ketones is 1. The maximum absolute atomic E-state index is 11.6. The summed E-state index contributed by atoms with van der Waals surface area (Å²) in [5.74, 6) is -2.03. The maximum atomic E-state index is 11.6. The summed E-state index contributed by atoms with van der Waals surface area (Å²) in [5, 5.41) is 9.36. The van der Waals surface area contributed by atoms with Gasteiger partial charge in [0.05, 0.1) is 24.3 Å². The first-order valence-corrected chi connectivity index (χ1v) is 5.17. The second-order valence-electron chi connectivity index (χ2n) is 3.05. The van der Waals surface area contributed by atoms with Crippen molar-refractivity contribution in [2.75, 3.05) is 13.7 Å². The Labute approximate surface area is 103 Å².